The molecule has 2 rings (SSSR count). The van der Waals surface area contributed by atoms with Crippen LogP contribution in [0.4, 0.5) is 0 Å². The number of hydrogen-bond donors (Lipinski definition) is 0. The number of nitrogens with zero attached hydrogens (tertiary/aromatic N) is 1. The predicted molar refractivity (Wildman–Crippen MR) is 78.2 cm³/mol. The Bertz CT molecular complexity index is 363. The summed E-state index contributed by atoms with van der Waals surface area (Å²) >= 11 is 1.78. The largest absolute Gasteiger partial charge is 0.371 e. The molecule has 18 heavy (non-hydrogen) atoms. The molecule has 0 aliphatic carbocycles. The van der Waals surface area contributed by atoms with Gasteiger partial charge in [-0.15, -0.1) is 11.8 Å². The van der Waals surface area contributed by atoms with Gasteiger partial charge in [-0.3, -0.25) is 4.90 Å². The summed E-state index contributed by atoms with van der Waals surface area (Å²) in [6.07, 6.45) is 2.35. The normalized spacial score (nSPS) is 21.4. The summed E-state index contributed by atoms with van der Waals surface area (Å²) in [5.74, 6) is 0.725. The molecule has 1 atom stereocenters. The molecule has 0 radical (unpaired) electrons. The molecular formula is C15H23NOS. The first kappa shape index (κ1) is 13.9. The molecule has 1 aromatic carbocycles. The zero-order valence-corrected chi connectivity index (χ0v) is 12.4. The zero-order valence-electron chi connectivity index (χ0n) is 11.6. The summed E-state index contributed by atoms with van der Waals surface area (Å²) in [7, 11) is 0. The van der Waals surface area contributed by atoms with E-state index in [1.165, 1.54) is 17.0 Å². The lowest BCUT2D eigenvalue weighted by Crippen LogP contribution is -2.40. The molecule has 1 saturated heterocycles. The lowest BCUT2D eigenvalue weighted by Gasteiger charge is -2.34. The van der Waals surface area contributed by atoms with E-state index < -0.39 is 0 Å². The van der Waals surface area contributed by atoms with E-state index in [2.05, 4.69) is 49.3 Å². The van der Waals surface area contributed by atoms with E-state index in [1.807, 2.05) is 0 Å². The monoisotopic (exact) mass is 265 g/mol. The lowest BCUT2D eigenvalue weighted by molar-refractivity contribution is -0.0332. The van der Waals surface area contributed by atoms with Crippen LogP contribution in [0.3, 0.4) is 0 Å². The molecule has 1 fully saturated rings. The van der Waals surface area contributed by atoms with Crippen LogP contribution in [0.5, 0.6) is 0 Å². The predicted octanol–water partition coefficient (Wildman–Crippen LogP) is 3.44. The maximum atomic E-state index is 5.90. The Labute approximate surface area is 115 Å². The molecule has 0 N–H and O–H groups in total. The summed E-state index contributed by atoms with van der Waals surface area (Å²) in [6.45, 7) is 8.66. The second-order valence-electron chi connectivity index (χ2n) is 5.29. The standard InChI is InChI=1S/C15H23NOS/c1-12(2)10-16-8-9-17-15(11-16)13-4-6-14(18-3)7-5-13/h4-7,12,15H,8-11H2,1-3H3. The van der Waals surface area contributed by atoms with Gasteiger partial charge in [0.25, 0.3) is 0 Å². The van der Waals surface area contributed by atoms with E-state index in [0.29, 0.717) is 0 Å². The van der Waals surface area contributed by atoms with E-state index in [0.717, 1.165) is 25.6 Å². The number of morpholine rings is 1. The average molecular weight is 265 g/mol. The second kappa shape index (κ2) is 6.60. The molecule has 1 aromatic rings. The second-order valence-corrected chi connectivity index (χ2v) is 6.17. The van der Waals surface area contributed by atoms with E-state index in [-0.39, 0.29) is 6.10 Å². The number of thioether (sulfide) groups is 1. The number of ether oxygens (including phenoxy) is 1. The molecule has 1 unspecified atom stereocenters. The van der Waals surface area contributed by atoms with Crippen LogP contribution in [-0.4, -0.2) is 37.4 Å². The van der Waals surface area contributed by atoms with Crippen LogP contribution in [0.15, 0.2) is 29.2 Å². The van der Waals surface area contributed by atoms with Gasteiger partial charge in [0.05, 0.1) is 12.7 Å². The third-order valence-electron chi connectivity index (χ3n) is 3.26. The summed E-state index contributed by atoms with van der Waals surface area (Å²) in [5, 5.41) is 0. The molecule has 1 heterocycles. The van der Waals surface area contributed by atoms with Crippen molar-refractivity contribution in [1.29, 1.82) is 0 Å². The van der Waals surface area contributed by atoms with Gasteiger partial charge in [-0.2, -0.15) is 0 Å². The van der Waals surface area contributed by atoms with Gasteiger partial charge in [-0.1, -0.05) is 26.0 Å². The quantitative estimate of drug-likeness (QED) is 0.774. The van der Waals surface area contributed by atoms with Crippen LogP contribution in [-0.2, 0) is 4.74 Å². The fraction of sp³-hybridized carbons (Fsp3) is 0.600. The van der Waals surface area contributed by atoms with Crippen molar-refractivity contribution in [2.24, 2.45) is 5.92 Å². The van der Waals surface area contributed by atoms with Crippen LogP contribution in [0.25, 0.3) is 0 Å². The van der Waals surface area contributed by atoms with E-state index in [4.69, 9.17) is 4.74 Å². The Balaban J connectivity index is 1.98. The number of rotatable bonds is 4. The summed E-state index contributed by atoms with van der Waals surface area (Å²) < 4.78 is 5.90. The summed E-state index contributed by atoms with van der Waals surface area (Å²) in [6, 6.07) is 8.78. The molecular weight excluding hydrogens is 242 g/mol. The molecule has 3 heteroatoms. The van der Waals surface area contributed by atoms with Gasteiger partial charge in [-0.25, -0.2) is 0 Å². The van der Waals surface area contributed by atoms with Crippen molar-refractivity contribution < 1.29 is 4.74 Å². The average Bonchev–Trinajstić information content (AvgIpc) is 2.38. The fourth-order valence-corrected chi connectivity index (χ4v) is 2.81. The van der Waals surface area contributed by atoms with Crippen molar-refractivity contribution in [3.63, 3.8) is 0 Å². The minimum Gasteiger partial charge on any atom is -0.371 e. The Morgan fingerprint density at radius 2 is 2.06 bits per heavy atom. The molecule has 0 aromatic heterocycles. The highest BCUT2D eigenvalue weighted by molar-refractivity contribution is 7.98. The minimum atomic E-state index is 0.244. The smallest absolute Gasteiger partial charge is 0.0952 e. The molecule has 0 bridgehead atoms. The molecule has 1 aliphatic heterocycles. The molecule has 2 nitrogen and oxygen atoms in total. The minimum absolute atomic E-state index is 0.244. The van der Waals surface area contributed by atoms with Gasteiger partial charge in [-0.05, 0) is 29.9 Å². The molecule has 0 amide bonds. The summed E-state index contributed by atoms with van der Waals surface area (Å²) in [5.41, 5.74) is 1.31. The van der Waals surface area contributed by atoms with Gasteiger partial charge >= 0.3 is 0 Å². The SMILES string of the molecule is CSc1ccc(C2CN(CC(C)C)CCO2)cc1. The maximum Gasteiger partial charge on any atom is 0.0952 e. The fourth-order valence-electron chi connectivity index (χ4n) is 2.40. The molecule has 100 valence electrons. The van der Waals surface area contributed by atoms with Crippen LogP contribution >= 0.6 is 11.8 Å². The van der Waals surface area contributed by atoms with Crippen LogP contribution in [0, 0.1) is 5.92 Å². The van der Waals surface area contributed by atoms with Crippen molar-refractivity contribution in [3.05, 3.63) is 29.8 Å². The number of benzene rings is 1. The third-order valence-corrected chi connectivity index (χ3v) is 4.01. The Kier molecular flexibility index (Phi) is 5.10. The number of hydrogen-bond acceptors (Lipinski definition) is 3. The Hall–Kier alpha value is -0.510. The van der Waals surface area contributed by atoms with Gasteiger partial charge < -0.3 is 4.74 Å². The molecule has 1 aliphatic rings. The topological polar surface area (TPSA) is 12.5 Å². The van der Waals surface area contributed by atoms with Gasteiger partial charge in [0.1, 0.15) is 0 Å². The van der Waals surface area contributed by atoms with E-state index in [1.54, 1.807) is 11.8 Å². The van der Waals surface area contributed by atoms with Crippen LogP contribution in [0.2, 0.25) is 0 Å². The van der Waals surface area contributed by atoms with Gasteiger partial charge in [0.2, 0.25) is 0 Å². The first-order valence-electron chi connectivity index (χ1n) is 6.67. The van der Waals surface area contributed by atoms with E-state index in [9.17, 15) is 0 Å². The highest BCUT2D eigenvalue weighted by Crippen LogP contribution is 2.24. The summed E-state index contributed by atoms with van der Waals surface area (Å²) in [4.78, 5) is 3.83. The Morgan fingerprint density at radius 3 is 2.67 bits per heavy atom. The van der Waals surface area contributed by atoms with Crippen molar-refractivity contribution >= 4 is 11.8 Å². The first-order chi connectivity index (χ1) is 8.69. The van der Waals surface area contributed by atoms with Crippen LogP contribution in [0.1, 0.15) is 25.5 Å². The van der Waals surface area contributed by atoms with Crippen molar-refractivity contribution in [1.82, 2.24) is 4.90 Å². The van der Waals surface area contributed by atoms with Crippen LogP contribution < -0.4 is 0 Å². The highest BCUT2D eigenvalue weighted by Gasteiger charge is 2.22. The van der Waals surface area contributed by atoms with Gasteiger partial charge in [0.15, 0.2) is 0 Å². The zero-order chi connectivity index (χ0) is 13.0. The van der Waals surface area contributed by atoms with Crippen molar-refractivity contribution in [2.45, 2.75) is 24.8 Å². The lowest BCUT2D eigenvalue weighted by atomic mass is 10.1. The van der Waals surface area contributed by atoms with Crippen molar-refractivity contribution in [2.75, 3.05) is 32.5 Å². The highest BCUT2D eigenvalue weighted by atomic mass is 32.2. The van der Waals surface area contributed by atoms with E-state index >= 15 is 0 Å². The molecule has 0 spiro atoms. The molecule has 0 saturated carbocycles. The third kappa shape index (κ3) is 3.74. The van der Waals surface area contributed by atoms with Crippen molar-refractivity contribution in [3.8, 4) is 0 Å². The van der Waals surface area contributed by atoms with Gasteiger partial charge in [0, 0.05) is 24.5 Å². The Morgan fingerprint density at radius 1 is 1.33 bits per heavy atom. The maximum absolute atomic E-state index is 5.90. The first-order valence-corrected chi connectivity index (χ1v) is 7.89.